The van der Waals surface area contributed by atoms with Crippen LogP contribution in [0, 0.1) is 0 Å². The number of amides is 1. The molecule has 3 aromatic rings. The minimum absolute atomic E-state index is 0.0613. The molecular weight excluding hydrogens is 451 g/mol. The predicted octanol–water partition coefficient (Wildman–Crippen LogP) is 6.07. The van der Waals surface area contributed by atoms with Gasteiger partial charge in [-0.25, -0.2) is 9.48 Å². The van der Waals surface area contributed by atoms with Crippen LogP contribution in [0.1, 0.15) is 52.0 Å². The van der Waals surface area contributed by atoms with Crippen molar-refractivity contribution in [3.63, 3.8) is 0 Å². The second-order valence-corrected chi connectivity index (χ2v) is 9.81. The maximum atomic E-state index is 12.3. The molecule has 0 radical (unpaired) electrons. The van der Waals surface area contributed by atoms with Gasteiger partial charge in [0, 0.05) is 42.1 Å². The summed E-state index contributed by atoms with van der Waals surface area (Å²) in [5, 5.41) is 9.32. The van der Waals surface area contributed by atoms with Crippen molar-refractivity contribution >= 4 is 40.2 Å². The van der Waals surface area contributed by atoms with E-state index in [2.05, 4.69) is 10.4 Å². The van der Waals surface area contributed by atoms with E-state index in [4.69, 9.17) is 32.7 Å². The van der Waals surface area contributed by atoms with Gasteiger partial charge in [-0.2, -0.15) is 5.10 Å². The number of aromatic nitrogens is 3. The van der Waals surface area contributed by atoms with Crippen molar-refractivity contribution < 1.29 is 14.3 Å². The van der Waals surface area contributed by atoms with Crippen LogP contribution < -0.4 is 5.32 Å². The van der Waals surface area contributed by atoms with Crippen LogP contribution in [0.3, 0.4) is 0 Å². The second kappa shape index (κ2) is 8.96. The first kappa shape index (κ1) is 23.0. The fourth-order valence-electron chi connectivity index (χ4n) is 4.08. The number of fused-ring (bicyclic) bond motifs is 1. The minimum atomic E-state index is -0.580. The topological polar surface area (TPSA) is 70.3 Å². The standard InChI is InChI=1S/C23H28Cl2N4O3/c1-23(2,3)32-22(30)26-12-17-19(15-8-9-16(24)20(25)21(15)28(17)4)14-11-27-29(13-14)18-7-5-6-10-31-18/h8-9,11,13,18H,5-7,10,12H2,1-4H3,(H,26,30). The Morgan fingerprint density at radius 3 is 2.78 bits per heavy atom. The summed E-state index contributed by atoms with van der Waals surface area (Å²) in [4.78, 5) is 12.3. The Bertz CT molecular complexity index is 1140. The van der Waals surface area contributed by atoms with Crippen LogP contribution in [-0.2, 0) is 23.1 Å². The third-order valence-corrected chi connectivity index (χ3v) is 6.30. The molecule has 4 rings (SSSR count). The van der Waals surface area contributed by atoms with Crippen molar-refractivity contribution in [2.45, 2.75) is 58.4 Å². The molecule has 1 N–H and O–H groups in total. The first-order valence-electron chi connectivity index (χ1n) is 10.7. The third-order valence-electron chi connectivity index (χ3n) is 5.51. The number of halogens is 2. The Morgan fingerprint density at radius 1 is 1.31 bits per heavy atom. The quantitative estimate of drug-likeness (QED) is 0.493. The van der Waals surface area contributed by atoms with Gasteiger partial charge in [0.25, 0.3) is 0 Å². The summed E-state index contributed by atoms with van der Waals surface area (Å²) in [6, 6.07) is 3.74. The third kappa shape index (κ3) is 4.60. The maximum absolute atomic E-state index is 12.3. The number of benzene rings is 1. The van der Waals surface area contributed by atoms with Crippen LogP contribution in [0.2, 0.25) is 10.0 Å². The Kier molecular flexibility index (Phi) is 6.43. The van der Waals surface area contributed by atoms with Gasteiger partial charge in [-0.05, 0) is 46.1 Å². The Morgan fingerprint density at radius 2 is 2.09 bits per heavy atom. The Hall–Kier alpha value is -2.22. The van der Waals surface area contributed by atoms with E-state index < -0.39 is 11.7 Å². The molecule has 2 aromatic heterocycles. The summed E-state index contributed by atoms with van der Waals surface area (Å²) >= 11 is 12.9. The molecule has 1 aliphatic rings. The number of nitrogens with zero attached hydrogens (tertiary/aromatic N) is 3. The van der Waals surface area contributed by atoms with Crippen molar-refractivity contribution in [3.8, 4) is 11.1 Å². The molecule has 32 heavy (non-hydrogen) atoms. The number of carbonyl (C=O) groups excluding carboxylic acids is 1. The average Bonchev–Trinajstić information content (AvgIpc) is 3.32. The number of ether oxygens (including phenoxy) is 2. The number of alkyl carbamates (subject to hydrolysis) is 1. The molecule has 0 aliphatic carbocycles. The summed E-state index contributed by atoms with van der Waals surface area (Å²) in [6.45, 7) is 6.50. The number of hydrogen-bond acceptors (Lipinski definition) is 4. The molecule has 1 unspecified atom stereocenters. The normalized spacial score (nSPS) is 17.0. The van der Waals surface area contributed by atoms with Gasteiger partial charge in [0.1, 0.15) is 11.8 Å². The monoisotopic (exact) mass is 478 g/mol. The van der Waals surface area contributed by atoms with Gasteiger partial charge >= 0.3 is 6.09 Å². The van der Waals surface area contributed by atoms with Crippen molar-refractivity contribution in [2.24, 2.45) is 7.05 Å². The molecule has 0 bridgehead atoms. The van der Waals surface area contributed by atoms with Gasteiger partial charge in [0.05, 0.1) is 28.3 Å². The highest BCUT2D eigenvalue weighted by molar-refractivity contribution is 6.45. The van der Waals surface area contributed by atoms with Crippen LogP contribution in [0.15, 0.2) is 24.5 Å². The molecule has 9 heteroatoms. The fourth-order valence-corrected chi connectivity index (χ4v) is 4.53. The van der Waals surface area contributed by atoms with E-state index in [1.807, 2.05) is 55.5 Å². The largest absolute Gasteiger partial charge is 0.444 e. The molecule has 0 saturated carbocycles. The summed E-state index contributed by atoms with van der Waals surface area (Å²) in [5.41, 5.74) is 2.96. The number of hydrogen-bond donors (Lipinski definition) is 1. The van der Waals surface area contributed by atoms with Crippen LogP contribution in [-0.4, -0.2) is 32.6 Å². The molecule has 1 fully saturated rings. The molecule has 1 atom stereocenters. The number of aryl methyl sites for hydroxylation is 1. The number of rotatable bonds is 4. The zero-order valence-electron chi connectivity index (χ0n) is 18.7. The minimum Gasteiger partial charge on any atom is -0.444 e. The highest BCUT2D eigenvalue weighted by Crippen LogP contribution is 2.40. The smallest absolute Gasteiger partial charge is 0.407 e. The van der Waals surface area contributed by atoms with Gasteiger partial charge < -0.3 is 19.4 Å². The van der Waals surface area contributed by atoms with E-state index in [1.54, 1.807) is 6.07 Å². The zero-order valence-corrected chi connectivity index (χ0v) is 20.3. The first-order chi connectivity index (χ1) is 15.2. The summed E-state index contributed by atoms with van der Waals surface area (Å²) in [5.74, 6) is 0. The maximum Gasteiger partial charge on any atom is 0.407 e. The molecule has 3 heterocycles. The molecule has 172 valence electrons. The van der Waals surface area contributed by atoms with Crippen molar-refractivity contribution in [2.75, 3.05) is 6.61 Å². The fraction of sp³-hybridized carbons (Fsp3) is 0.478. The van der Waals surface area contributed by atoms with Gasteiger partial charge in [0.15, 0.2) is 0 Å². The summed E-state index contributed by atoms with van der Waals surface area (Å²) < 4.78 is 15.1. The lowest BCUT2D eigenvalue weighted by Gasteiger charge is -2.22. The number of carbonyl (C=O) groups is 1. The van der Waals surface area contributed by atoms with Crippen molar-refractivity contribution in [1.82, 2.24) is 19.7 Å². The second-order valence-electron chi connectivity index (χ2n) is 9.02. The van der Waals surface area contributed by atoms with Crippen LogP contribution in [0.4, 0.5) is 4.79 Å². The van der Waals surface area contributed by atoms with Crippen molar-refractivity contribution in [1.29, 1.82) is 0 Å². The van der Waals surface area contributed by atoms with E-state index in [-0.39, 0.29) is 12.8 Å². The molecule has 0 spiro atoms. The van der Waals surface area contributed by atoms with Gasteiger partial charge in [0.2, 0.25) is 0 Å². The van der Waals surface area contributed by atoms with Gasteiger partial charge in [-0.1, -0.05) is 29.3 Å². The summed E-state index contributed by atoms with van der Waals surface area (Å²) in [6.07, 6.45) is 6.40. The number of nitrogens with one attached hydrogen (secondary N) is 1. The highest BCUT2D eigenvalue weighted by atomic mass is 35.5. The molecule has 1 amide bonds. The SMILES string of the molecule is Cn1c(CNC(=O)OC(C)(C)C)c(-c2cnn(C3CCCCO3)c2)c2ccc(Cl)c(Cl)c21. The van der Waals surface area contributed by atoms with E-state index in [1.165, 1.54) is 0 Å². The molecular formula is C23H28Cl2N4O3. The van der Waals surface area contributed by atoms with Crippen LogP contribution >= 0.6 is 23.2 Å². The van der Waals surface area contributed by atoms with E-state index in [0.717, 1.165) is 53.6 Å². The molecule has 1 aromatic carbocycles. The van der Waals surface area contributed by atoms with Crippen LogP contribution in [0.5, 0.6) is 0 Å². The molecule has 7 nitrogen and oxygen atoms in total. The molecule has 1 saturated heterocycles. The average molecular weight is 479 g/mol. The Labute approximate surface area is 197 Å². The first-order valence-corrected chi connectivity index (χ1v) is 11.5. The lowest BCUT2D eigenvalue weighted by atomic mass is 10.0. The van der Waals surface area contributed by atoms with Gasteiger partial charge in [-0.3, -0.25) is 0 Å². The van der Waals surface area contributed by atoms with E-state index in [9.17, 15) is 4.79 Å². The van der Waals surface area contributed by atoms with E-state index in [0.29, 0.717) is 10.0 Å². The summed E-state index contributed by atoms with van der Waals surface area (Å²) in [7, 11) is 1.91. The zero-order chi connectivity index (χ0) is 23.0. The molecule has 1 aliphatic heterocycles. The van der Waals surface area contributed by atoms with E-state index >= 15 is 0 Å². The van der Waals surface area contributed by atoms with Crippen molar-refractivity contribution in [3.05, 3.63) is 40.3 Å². The predicted molar refractivity (Wildman–Crippen MR) is 126 cm³/mol. The lowest BCUT2D eigenvalue weighted by molar-refractivity contribution is -0.0394. The lowest BCUT2D eigenvalue weighted by Crippen LogP contribution is -2.32. The highest BCUT2D eigenvalue weighted by Gasteiger charge is 2.24. The Balaban J connectivity index is 1.75. The van der Waals surface area contributed by atoms with Crippen LogP contribution in [0.25, 0.3) is 22.0 Å². The van der Waals surface area contributed by atoms with Gasteiger partial charge in [-0.15, -0.1) is 0 Å².